The summed E-state index contributed by atoms with van der Waals surface area (Å²) in [6.07, 6.45) is 12.9. The van der Waals surface area contributed by atoms with Gasteiger partial charge in [-0.15, -0.1) is 0 Å². The zero-order chi connectivity index (χ0) is 18.5. The number of esters is 1. The topological polar surface area (TPSA) is 50.1 Å². The van der Waals surface area contributed by atoms with E-state index in [0.717, 1.165) is 18.8 Å². The van der Waals surface area contributed by atoms with Gasteiger partial charge in [0, 0.05) is 18.9 Å². The largest absolute Gasteiger partial charge is 0.462 e. The molecule has 4 aliphatic rings. The van der Waals surface area contributed by atoms with Crippen LogP contribution in [0.2, 0.25) is 0 Å². The first-order valence-electron chi connectivity index (χ1n) is 10.7. The molecule has 3 nitrogen and oxygen atoms in total. The molecule has 0 aromatic rings. The molecule has 4 fully saturated rings. The standard InChI is InChI=1S/C23H33NO2/c1-15(25)26-20-14-23(3)17(11-13-24)8-10-19(23)18-9-7-16-6-4-5-12-22(16,2)21(18)20/h11,16,18-21H,4-10,12,14H2,1-3H3/b17-11-. The second kappa shape index (κ2) is 6.39. The van der Waals surface area contributed by atoms with Crippen molar-refractivity contribution in [1.29, 1.82) is 5.26 Å². The number of allylic oxidation sites excluding steroid dienone is 2. The van der Waals surface area contributed by atoms with Crippen LogP contribution in [-0.4, -0.2) is 12.1 Å². The Morgan fingerprint density at radius 1 is 1.23 bits per heavy atom. The number of nitrogens with zero attached hydrogens (tertiary/aromatic N) is 1. The summed E-state index contributed by atoms with van der Waals surface area (Å²) < 4.78 is 6.03. The molecule has 7 unspecified atom stereocenters. The van der Waals surface area contributed by atoms with Crippen LogP contribution in [0.4, 0.5) is 0 Å². The van der Waals surface area contributed by atoms with Gasteiger partial charge in [0.15, 0.2) is 0 Å². The zero-order valence-corrected chi connectivity index (χ0v) is 16.6. The Balaban J connectivity index is 1.75. The molecule has 4 aliphatic carbocycles. The minimum atomic E-state index is -0.138. The predicted molar refractivity (Wildman–Crippen MR) is 101 cm³/mol. The maximum absolute atomic E-state index is 12.0. The summed E-state index contributed by atoms with van der Waals surface area (Å²) in [5, 5.41) is 9.26. The van der Waals surface area contributed by atoms with Gasteiger partial charge in [-0.2, -0.15) is 5.26 Å². The molecule has 0 spiro atoms. The fraction of sp³-hybridized carbons (Fsp3) is 0.826. The van der Waals surface area contributed by atoms with Crippen LogP contribution in [0.3, 0.4) is 0 Å². The lowest BCUT2D eigenvalue weighted by atomic mass is 9.44. The van der Waals surface area contributed by atoms with Crippen molar-refractivity contribution in [2.75, 3.05) is 0 Å². The molecule has 4 saturated carbocycles. The number of carbonyl (C=O) groups is 1. The van der Waals surface area contributed by atoms with E-state index in [0.29, 0.717) is 23.2 Å². The van der Waals surface area contributed by atoms with E-state index >= 15 is 0 Å². The van der Waals surface area contributed by atoms with Gasteiger partial charge in [0.2, 0.25) is 0 Å². The average Bonchev–Trinajstić information content (AvgIpc) is 2.90. The summed E-state index contributed by atoms with van der Waals surface area (Å²) in [4.78, 5) is 12.0. The molecule has 0 amide bonds. The van der Waals surface area contributed by atoms with E-state index in [1.165, 1.54) is 50.5 Å². The molecule has 142 valence electrons. The lowest BCUT2D eigenvalue weighted by Crippen LogP contribution is -2.58. The molecule has 0 bridgehead atoms. The van der Waals surface area contributed by atoms with Gasteiger partial charge in [-0.05, 0) is 73.5 Å². The van der Waals surface area contributed by atoms with Crippen molar-refractivity contribution in [1.82, 2.24) is 0 Å². The minimum absolute atomic E-state index is 0.0184. The van der Waals surface area contributed by atoms with Gasteiger partial charge >= 0.3 is 5.97 Å². The Bertz CT molecular complexity index is 662. The Kier molecular flexibility index (Phi) is 4.45. The van der Waals surface area contributed by atoms with Gasteiger partial charge in [-0.3, -0.25) is 4.79 Å². The molecule has 0 heterocycles. The van der Waals surface area contributed by atoms with Crippen molar-refractivity contribution in [3.63, 3.8) is 0 Å². The second-order valence-electron chi connectivity index (χ2n) is 9.93. The van der Waals surface area contributed by atoms with Crippen LogP contribution < -0.4 is 0 Å². The van der Waals surface area contributed by atoms with Gasteiger partial charge in [0.05, 0.1) is 6.07 Å². The van der Waals surface area contributed by atoms with Crippen LogP contribution >= 0.6 is 0 Å². The fourth-order valence-electron chi connectivity index (χ4n) is 7.87. The maximum Gasteiger partial charge on any atom is 0.302 e. The van der Waals surface area contributed by atoms with Crippen molar-refractivity contribution in [3.05, 3.63) is 11.6 Å². The van der Waals surface area contributed by atoms with Crippen LogP contribution in [0, 0.1) is 45.8 Å². The Morgan fingerprint density at radius 3 is 2.77 bits per heavy atom. The van der Waals surface area contributed by atoms with Gasteiger partial charge < -0.3 is 4.74 Å². The van der Waals surface area contributed by atoms with E-state index in [-0.39, 0.29) is 17.5 Å². The first-order valence-corrected chi connectivity index (χ1v) is 10.7. The number of nitriles is 1. The number of rotatable bonds is 1. The van der Waals surface area contributed by atoms with Crippen LogP contribution in [0.5, 0.6) is 0 Å². The third kappa shape index (κ3) is 2.55. The third-order valence-corrected chi connectivity index (χ3v) is 8.90. The molecule has 7 atom stereocenters. The Morgan fingerprint density at radius 2 is 2.04 bits per heavy atom. The van der Waals surface area contributed by atoms with Gasteiger partial charge in [-0.25, -0.2) is 0 Å². The van der Waals surface area contributed by atoms with Crippen molar-refractivity contribution in [2.24, 2.45) is 34.5 Å². The van der Waals surface area contributed by atoms with E-state index < -0.39 is 0 Å². The van der Waals surface area contributed by atoms with E-state index in [2.05, 4.69) is 19.9 Å². The first-order chi connectivity index (χ1) is 12.4. The monoisotopic (exact) mass is 355 g/mol. The number of ether oxygens (including phenoxy) is 1. The first kappa shape index (κ1) is 18.1. The molecule has 0 aromatic heterocycles. The molecule has 0 radical (unpaired) electrons. The summed E-state index contributed by atoms with van der Waals surface area (Å²) >= 11 is 0. The van der Waals surface area contributed by atoms with Gasteiger partial charge in [0.25, 0.3) is 0 Å². The number of fused-ring (bicyclic) bond motifs is 5. The van der Waals surface area contributed by atoms with Crippen LogP contribution in [0.25, 0.3) is 0 Å². The highest BCUT2D eigenvalue weighted by Gasteiger charge is 2.62. The van der Waals surface area contributed by atoms with Crippen LogP contribution in [-0.2, 0) is 9.53 Å². The second-order valence-corrected chi connectivity index (χ2v) is 9.93. The van der Waals surface area contributed by atoms with E-state index in [4.69, 9.17) is 4.74 Å². The summed E-state index contributed by atoms with van der Waals surface area (Å²) in [6.45, 7) is 6.41. The van der Waals surface area contributed by atoms with E-state index in [9.17, 15) is 10.1 Å². The lowest BCUT2D eigenvalue weighted by Gasteiger charge is -2.61. The third-order valence-electron chi connectivity index (χ3n) is 8.90. The zero-order valence-electron chi connectivity index (χ0n) is 16.6. The fourth-order valence-corrected chi connectivity index (χ4v) is 7.87. The highest BCUT2D eigenvalue weighted by atomic mass is 16.5. The summed E-state index contributed by atoms with van der Waals surface area (Å²) in [6, 6.07) is 2.28. The normalized spacial score (nSPS) is 48.8. The molecule has 0 aromatic carbocycles. The van der Waals surface area contributed by atoms with Crippen molar-refractivity contribution < 1.29 is 9.53 Å². The molecule has 0 aliphatic heterocycles. The smallest absolute Gasteiger partial charge is 0.302 e. The molecule has 26 heavy (non-hydrogen) atoms. The molecule has 4 rings (SSSR count). The van der Waals surface area contributed by atoms with Gasteiger partial charge in [0.1, 0.15) is 6.10 Å². The highest BCUT2D eigenvalue weighted by Crippen LogP contribution is 2.67. The van der Waals surface area contributed by atoms with Crippen molar-refractivity contribution >= 4 is 5.97 Å². The maximum atomic E-state index is 12.0. The number of hydrogen-bond donors (Lipinski definition) is 0. The SMILES string of the molecule is CC(=O)OC1CC2(C)/C(=C\C#N)CCC2C2CCC3CCCCC3(C)C12. The summed E-state index contributed by atoms with van der Waals surface area (Å²) in [7, 11) is 0. The minimum Gasteiger partial charge on any atom is -0.462 e. The van der Waals surface area contributed by atoms with Gasteiger partial charge in [-0.1, -0.05) is 32.3 Å². The van der Waals surface area contributed by atoms with Crippen molar-refractivity contribution in [2.45, 2.75) is 84.7 Å². The van der Waals surface area contributed by atoms with E-state index in [1.54, 1.807) is 13.0 Å². The highest BCUT2D eigenvalue weighted by molar-refractivity contribution is 5.66. The Hall–Kier alpha value is -1.30. The quantitative estimate of drug-likeness (QED) is 0.467. The lowest BCUT2D eigenvalue weighted by molar-refractivity contribution is -0.186. The van der Waals surface area contributed by atoms with Crippen LogP contribution in [0.1, 0.15) is 78.6 Å². The predicted octanol–water partition coefficient (Wildman–Crippen LogP) is 5.41. The molecule has 0 saturated heterocycles. The number of carbonyl (C=O) groups excluding carboxylic acids is 1. The summed E-state index contributed by atoms with van der Waals surface area (Å²) in [5.74, 6) is 2.46. The van der Waals surface area contributed by atoms with E-state index in [1.807, 2.05) is 0 Å². The molecule has 3 heteroatoms. The molecular weight excluding hydrogens is 322 g/mol. The average molecular weight is 356 g/mol. The molecular formula is C23H33NO2. The number of hydrogen-bond acceptors (Lipinski definition) is 3. The summed E-state index contributed by atoms with van der Waals surface area (Å²) in [5.41, 5.74) is 1.66. The molecule has 0 N–H and O–H groups in total. The van der Waals surface area contributed by atoms with Crippen LogP contribution in [0.15, 0.2) is 11.6 Å². The van der Waals surface area contributed by atoms with Crippen molar-refractivity contribution in [3.8, 4) is 6.07 Å². The Labute approximate surface area is 158 Å².